The van der Waals surface area contributed by atoms with Crippen molar-refractivity contribution in [1.82, 2.24) is 0 Å². The van der Waals surface area contributed by atoms with Gasteiger partial charge in [-0.1, -0.05) is 70.9 Å². The van der Waals surface area contributed by atoms with Gasteiger partial charge in [-0.2, -0.15) is 0 Å². The zero-order valence-corrected chi connectivity index (χ0v) is 20.9. The molecule has 0 radical (unpaired) electrons. The highest BCUT2D eigenvalue weighted by Gasteiger charge is 2.57. The van der Waals surface area contributed by atoms with Crippen molar-refractivity contribution in [3.63, 3.8) is 0 Å². The predicted molar refractivity (Wildman–Crippen MR) is 129 cm³/mol. The molecule has 0 aliphatic heterocycles. The summed E-state index contributed by atoms with van der Waals surface area (Å²) in [5.74, 6) is 3.19. The molecule has 2 heteroatoms. The third-order valence-electron chi connectivity index (χ3n) is 10.5. The first kappa shape index (κ1) is 23.4. The van der Waals surface area contributed by atoms with Crippen molar-refractivity contribution < 1.29 is 9.53 Å². The van der Waals surface area contributed by atoms with Gasteiger partial charge in [0.05, 0.1) is 0 Å². The number of rotatable bonds is 8. The van der Waals surface area contributed by atoms with Gasteiger partial charge in [-0.25, -0.2) is 0 Å². The van der Waals surface area contributed by atoms with Crippen molar-refractivity contribution in [3.8, 4) is 0 Å². The van der Waals surface area contributed by atoms with Gasteiger partial charge in [0.15, 0.2) is 0 Å². The van der Waals surface area contributed by atoms with Crippen LogP contribution in [0.25, 0.3) is 0 Å². The second-order valence-corrected chi connectivity index (χ2v) is 12.1. The topological polar surface area (TPSA) is 26.3 Å². The van der Waals surface area contributed by atoms with Gasteiger partial charge in [0.2, 0.25) is 0 Å². The smallest absolute Gasteiger partial charge is 0.302 e. The first-order chi connectivity index (χ1) is 14.9. The molecule has 0 bridgehead atoms. The van der Waals surface area contributed by atoms with E-state index in [9.17, 15) is 4.79 Å². The molecular formula is C29H48O2. The number of allylic oxidation sites excluding steroid dienone is 2. The van der Waals surface area contributed by atoms with Crippen LogP contribution in [0.15, 0.2) is 11.6 Å². The number of carbonyl (C=O) groups excluding carboxylic acids is 1. The molecule has 3 saturated carbocycles. The van der Waals surface area contributed by atoms with Gasteiger partial charge < -0.3 is 4.74 Å². The SMILES string of the molecule is CCCCCCCC[C@H]1CC[C@H]2C3=CC[C@H]4C[C@@H](OC(C)=O)CC[C@]4(C)[C@H]3CC[C@]12C. The average Bonchev–Trinajstić information content (AvgIpc) is 3.07. The lowest BCUT2D eigenvalue weighted by Crippen LogP contribution is -2.49. The summed E-state index contributed by atoms with van der Waals surface area (Å²) in [6, 6.07) is 0. The van der Waals surface area contributed by atoms with Crippen LogP contribution in [0.5, 0.6) is 0 Å². The quantitative estimate of drug-likeness (QED) is 0.221. The van der Waals surface area contributed by atoms with Gasteiger partial charge >= 0.3 is 5.97 Å². The summed E-state index contributed by atoms with van der Waals surface area (Å²) in [5, 5.41) is 0. The van der Waals surface area contributed by atoms with E-state index in [-0.39, 0.29) is 12.1 Å². The summed E-state index contributed by atoms with van der Waals surface area (Å²) < 4.78 is 5.63. The second kappa shape index (κ2) is 9.60. The zero-order valence-electron chi connectivity index (χ0n) is 20.9. The molecule has 2 nitrogen and oxygen atoms in total. The molecule has 0 amide bonds. The van der Waals surface area contributed by atoms with E-state index in [1.807, 2.05) is 5.57 Å². The van der Waals surface area contributed by atoms with Crippen LogP contribution in [-0.2, 0) is 9.53 Å². The van der Waals surface area contributed by atoms with Crippen LogP contribution < -0.4 is 0 Å². The van der Waals surface area contributed by atoms with E-state index in [1.165, 1.54) is 83.5 Å². The van der Waals surface area contributed by atoms with Crippen LogP contribution in [0.4, 0.5) is 0 Å². The second-order valence-electron chi connectivity index (χ2n) is 12.1. The van der Waals surface area contributed by atoms with Crippen LogP contribution in [0.2, 0.25) is 0 Å². The first-order valence-electron chi connectivity index (χ1n) is 13.8. The van der Waals surface area contributed by atoms with Crippen LogP contribution in [0.1, 0.15) is 124 Å². The maximum Gasteiger partial charge on any atom is 0.302 e. The highest BCUT2D eigenvalue weighted by Crippen LogP contribution is 2.66. The summed E-state index contributed by atoms with van der Waals surface area (Å²) >= 11 is 0. The minimum Gasteiger partial charge on any atom is -0.463 e. The molecule has 4 aliphatic carbocycles. The highest BCUT2D eigenvalue weighted by atomic mass is 16.5. The van der Waals surface area contributed by atoms with Crippen LogP contribution in [0, 0.1) is 34.5 Å². The van der Waals surface area contributed by atoms with Crippen LogP contribution in [0.3, 0.4) is 0 Å². The van der Waals surface area contributed by atoms with Crippen molar-refractivity contribution in [2.45, 2.75) is 130 Å². The lowest BCUT2D eigenvalue weighted by Gasteiger charge is -2.57. The Morgan fingerprint density at radius 1 is 0.968 bits per heavy atom. The van der Waals surface area contributed by atoms with E-state index in [1.54, 1.807) is 6.92 Å². The van der Waals surface area contributed by atoms with Gasteiger partial charge in [-0.3, -0.25) is 4.79 Å². The van der Waals surface area contributed by atoms with Gasteiger partial charge in [0.1, 0.15) is 6.10 Å². The third-order valence-corrected chi connectivity index (χ3v) is 10.5. The number of hydrogen-bond donors (Lipinski definition) is 0. The van der Waals surface area contributed by atoms with Crippen molar-refractivity contribution in [2.24, 2.45) is 34.5 Å². The molecule has 4 aliphatic rings. The minimum absolute atomic E-state index is 0.101. The Kier molecular flexibility index (Phi) is 7.24. The molecule has 0 aromatic carbocycles. The van der Waals surface area contributed by atoms with Gasteiger partial charge in [-0.05, 0) is 92.3 Å². The summed E-state index contributed by atoms with van der Waals surface area (Å²) in [5.41, 5.74) is 2.85. The lowest BCUT2D eigenvalue weighted by molar-refractivity contribution is -0.152. The third kappa shape index (κ3) is 4.51. The van der Waals surface area contributed by atoms with Gasteiger partial charge in [-0.15, -0.1) is 0 Å². The molecule has 31 heavy (non-hydrogen) atoms. The maximum absolute atomic E-state index is 11.5. The Bertz CT molecular complexity index is 666. The Hall–Kier alpha value is -0.790. The molecule has 0 spiro atoms. The molecule has 7 atom stereocenters. The van der Waals surface area contributed by atoms with Crippen molar-refractivity contribution in [2.75, 3.05) is 0 Å². The Labute approximate surface area is 192 Å². The molecule has 4 rings (SSSR count). The van der Waals surface area contributed by atoms with Crippen molar-refractivity contribution in [3.05, 3.63) is 11.6 Å². The number of hydrogen-bond acceptors (Lipinski definition) is 2. The molecule has 176 valence electrons. The summed E-state index contributed by atoms with van der Waals surface area (Å²) in [6.07, 6.45) is 23.2. The first-order valence-corrected chi connectivity index (χ1v) is 13.8. The maximum atomic E-state index is 11.5. The number of esters is 1. The molecule has 3 fully saturated rings. The predicted octanol–water partition coefficient (Wildman–Crippen LogP) is 8.25. The fourth-order valence-corrected chi connectivity index (χ4v) is 8.57. The fraction of sp³-hybridized carbons (Fsp3) is 0.897. The van der Waals surface area contributed by atoms with Crippen LogP contribution >= 0.6 is 0 Å². The van der Waals surface area contributed by atoms with Gasteiger partial charge in [0, 0.05) is 6.92 Å². The Morgan fingerprint density at radius 2 is 1.68 bits per heavy atom. The van der Waals surface area contributed by atoms with Crippen molar-refractivity contribution in [1.29, 1.82) is 0 Å². The zero-order chi connectivity index (χ0) is 22.1. The van der Waals surface area contributed by atoms with Crippen LogP contribution in [-0.4, -0.2) is 12.1 Å². The van der Waals surface area contributed by atoms with E-state index in [4.69, 9.17) is 4.74 Å². The molecular weight excluding hydrogens is 380 g/mol. The summed E-state index contributed by atoms with van der Waals surface area (Å²) in [7, 11) is 0. The van der Waals surface area contributed by atoms with E-state index in [0.717, 1.165) is 30.6 Å². The minimum atomic E-state index is -0.101. The molecule has 0 saturated heterocycles. The Balaban J connectivity index is 1.39. The average molecular weight is 429 g/mol. The van der Waals surface area contributed by atoms with Gasteiger partial charge in [0.25, 0.3) is 0 Å². The standard InChI is InChI=1S/C29H48O2/c1-5-6-7-8-9-10-11-22-13-15-26-25-14-12-23-20-24(31-21(2)30)16-18-29(23,4)27(25)17-19-28(22,26)3/h14,22-24,26-27H,5-13,15-20H2,1-4H3/t22-,23-,24-,26-,27-,28+,29-/m0/s1. The van der Waals surface area contributed by atoms with Crippen molar-refractivity contribution >= 4 is 5.97 Å². The number of carbonyl (C=O) groups is 1. The lowest BCUT2D eigenvalue weighted by atomic mass is 9.48. The number of ether oxygens (including phenoxy) is 1. The summed E-state index contributed by atoms with van der Waals surface area (Å²) in [6.45, 7) is 9.13. The normalized spacial score (nSPS) is 41.7. The monoisotopic (exact) mass is 428 g/mol. The largest absolute Gasteiger partial charge is 0.463 e. The summed E-state index contributed by atoms with van der Waals surface area (Å²) in [4.78, 5) is 11.5. The van der Waals surface area contributed by atoms with E-state index < -0.39 is 0 Å². The molecule has 0 heterocycles. The van der Waals surface area contributed by atoms with E-state index in [2.05, 4.69) is 26.8 Å². The number of unbranched alkanes of at least 4 members (excludes halogenated alkanes) is 5. The number of fused-ring (bicyclic) bond motifs is 5. The Morgan fingerprint density at radius 3 is 2.45 bits per heavy atom. The van der Waals surface area contributed by atoms with E-state index in [0.29, 0.717) is 16.7 Å². The molecule has 0 N–H and O–H groups in total. The van der Waals surface area contributed by atoms with E-state index >= 15 is 0 Å². The highest BCUT2D eigenvalue weighted by molar-refractivity contribution is 5.66. The molecule has 0 aromatic rings. The fourth-order valence-electron chi connectivity index (χ4n) is 8.57. The molecule has 0 unspecified atom stereocenters. The molecule has 0 aromatic heterocycles.